The number of fused-ring (bicyclic) bond motifs is 1. The van der Waals surface area contributed by atoms with Crippen LogP contribution < -0.4 is 21.3 Å². The lowest BCUT2D eigenvalue weighted by Gasteiger charge is -2.13. The number of nitrogen functional groups attached to an aromatic ring is 1. The number of aromatic nitrogens is 2. The Morgan fingerprint density at radius 2 is 1.93 bits per heavy atom. The third-order valence-corrected chi connectivity index (χ3v) is 4.23. The number of nitrogens with zero attached hydrogens (tertiary/aromatic N) is 2. The van der Waals surface area contributed by atoms with Crippen LogP contribution in [0.25, 0.3) is 5.69 Å². The van der Waals surface area contributed by atoms with Gasteiger partial charge in [0.15, 0.2) is 11.6 Å². The smallest absolute Gasteiger partial charge is 0.262 e. The Bertz CT molecular complexity index is 1170. The van der Waals surface area contributed by atoms with Crippen molar-refractivity contribution >= 4 is 17.6 Å². The number of benzene rings is 1. The predicted molar refractivity (Wildman–Crippen MR) is 96.8 cm³/mol. The summed E-state index contributed by atoms with van der Waals surface area (Å²) in [5.74, 6) is -2.40. The first-order valence-corrected chi connectivity index (χ1v) is 8.19. The summed E-state index contributed by atoms with van der Waals surface area (Å²) in [4.78, 5) is 40.1. The summed E-state index contributed by atoms with van der Waals surface area (Å²) in [6.07, 6.45) is 1.60. The Labute approximate surface area is 157 Å². The summed E-state index contributed by atoms with van der Waals surface area (Å²) < 4.78 is 20.9. The van der Waals surface area contributed by atoms with Gasteiger partial charge in [0.25, 0.3) is 17.4 Å². The van der Waals surface area contributed by atoms with Crippen molar-refractivity contribution in [1.82, 2.24) is 14.9 Å². The van der Waals surface area contributed by atoms with Crippen molar-refractivity contribution in [3.05, 3.63) is 81.7 Å². The van der Waals surface area contributed by atoms with Crippen molar-refractivity contribution in [3.8, 4) is 11.4 Å². The summed E-state index contributed by atoms with van der Waals surface area (Å²) in [5, 5.41) is 2.07. The van der Waals surface area contributed by atoms with Crippen LogP contribution in [0.1, 0.15) is 26.4 Å². The number of halogens is 1. The molecule has 28 heavy (non-hydrogen) atoms. The lowest BCUT2D eigenvalue weighted by Crippen LogP contribution is -2.24. The number of nitrogens with one attached hydrogen (secondary N) is 1. The first kappa shape index (κ1) is 17.4. The van der Waals surface area contributed by atoms with Crippen LogP contribution in [0, 0.1) is 5.82 Å². The standard InChI is InChI=1S/C19H13FN4O4/c20-13-7-11(4-5-14(13)28-9-10-3-1-2-6-22-10)24-15(25)8-12-16(17(24)21)19(27)23-18(12)26/h1-8H,9,21H2,(H,23,26,27). The van der Waals surface area contributed by atoms with Crippen LogP contribution in [0.15, 0.2) is 53.5 Å². The molecule has 3 heterocycles. The van der Waals surface area contributed by atoms with Gasteiger partial charge in [-0.25, -0.2) is 4.39 Å². The number of pyridine rings is 2. The number of hydrogen-bond donors (Lipinski definition) is 2. The summed E-state index contributed by atoms with van der Waals surface area (Å²) in [6, 6.07) is 10.1. The molecular weight excluding hydrogens is 367 g/mol. The van der Waals surface area contributed by atoms with Crippen LogP contribution in [-0.2, 0) is 6.61 Å². The van der Waals surface area contributed by atoms with Crippen molar-refractivity contribution in [2.45, 2.75) is 6.61 Å². The second-order valence-electron chi connectivity index (χ2n) is 6.00. The van der Waals surface area contributed by atoms with E-state index in [1.165, 1.54) is 12.1 Å². The molecule has 0 saturated carbocycles. The molecule has 4 rings (SSSR count). The largest absolute Gasteiger partial charge is 0.484 e. The summed E-state index contributed by atoms with van der Waals surface area (Å²) >= 11 is 0. The van der Waals surface area contributed by atoms with Crippen LogP contribution in [0.4, 0.5) is 10.2 Å². The maximum atomic E-state index is 14.5. The second kappa shape index (κ2) is 6.62. The van der Waals surface area contributed by atoms with Crippen molar-refractivity contribution in [2.24, 2.45) is 0 Å². The Balaban J connectivity index is 1.69. The van der Waals surface area contributed by atoms with Gasteiger partial charge in [0.1, 0.15) is 12.4 Å². The lowest BCUT2D eigenvalue weighted by molar-refractivity contribution is 0.0880. The lowest BCUT2D eigenvalue weighted by atomic mass is 10.1. The fraction of sp³-hybridized carbons (Fsp3) is 0.0526. The molecule has 0 spiro atoms. The van der Waals surface area contributed by atoms with Gasteiger partial charge in [-0.15, -0.1) is 0 Å². The number of amides is 2. The van der Waals surface area contributed by atoms with Gasteiger partial charge >= 0.3 is 0 Å². The van der Waals surface area contributed by atoms with Gasteiger partial charge in [-0.2, -0.15) is 0 Å². The third kappa shape index (κ3) is 2.88. The molecule has 1 aromatic carbocycles. The first-order chi connectivity index (χ1) is 13.5. The highest BCUT2D eigenvalue weighted by atomic mass is 19.1. The van der Waals surface area contributed by atoms with Crippen molar-refractivity contribution in [1.29, 1.82) is 0 Å². The fourth-order valence-electron chi connectivity index (χ4n) is 2.93. The van der Waals surface area contributed by atoms with E-state index in [0.29, 0.717) is 5.69 Å². The van der Waals surface area contributed by atoms with Gasteiger partial charge < -0.3 is 10.5 Å². The fourth-order valence-corrected chi connectivity index (χ4v) is 2.93. The molecule has 0 radical (unpaired) electrons. The Hall–Kier alpha value is -4.01. The minimum Gasteiger partial charge on any atom is -0.484 e. The average molecular weight is 380 g/mol. The Morgan fingerprint density at radius 1 is 1.11 bits per heavy atom. The number of rotatable bonds is 4. The molecule has 0 fully saturated rings. The molecule has 9 heteroatoms. The molecule has 0 aliphatic carbocycles. The normalized spacial score (nSPS) is 12.6. The maximum absolute atomic E-state index is 14.5. The molecule has 3 aromatic rings. The zero-order valence-electron chi connectivity index (χ0n) is 14.3. The van der Waals surface area contributed by atoms with Crippen molar-refractivity contribution in [2.75, 3.05) is 5.73 Å². The minimum atomic E-state index is -0.722. The average Bonchev–Trinajstić information content (AvgIpc) is 2.95. The second-order valence-corrected chi connectivity index (χ2v) is 6.00. The van der Waals surface area contributed by atoms with Gasteiger partial charge in [-0.1, -0.05) is 6.07 Å². The van der Waals surface area contributed by atoms with Gasteiger partial charge in [0.2, 0.25) is 0 Å². The Kier molecular flexibility index (Phi) is 4.11. The predicted octanol–water partition coefficient (Wildman–Crippen LogP) is 1.42. The molecule has 140 valence electrons. The van der Waals surface area contributed by atoms with Crippen LogP contribution in [0.2, 0.25) is 0 Å². The molecule has 0 unspecified atom stereocenters. The van der Waals surface area contributed by atoms with E-state index in [-0.39, 0.29) is 35.0 Å². The zero-order chi connectivity index (χ0) is 19.8. The monoisotopic (exact) mass is 380 g/mol. The van der Waals surface area contributed by atoms with Crippen molar-refractivity contribution in [3.63, 3.8) is 0 Å². The molecule has 0 saturated heterocycles. The first-order valence-electron chi connectivity index (χ1n) is 8.19. The van der Waals surface area contributed by atoms with Crippen LogP contribution in [-0.4, -0.2) is 21.4 Å². The Morgan fingerprint density at radius 3 is 2.64 bits per heavy atom. The highest BCUT2D eigenvalue weighted by Crippen LogP contribution is 2.25. The summed E-state index contributed by atoms with van der Waals surface area (Å²) in [6.45, 7) is 0.0698. The van der Waals surface area contributed by atoms with Crippen LogP contribution >= 0.6 is 0 Å². The number of anilines is 1. The van der Waals surface area contributed by atoms with E-state index in [0.717, 1.165) is 16.7 Å². The molecule has 0 bridgehead atoms. The molecule has 8 nitrogen and oxygen atoms in total. The molecule has 1 aliphatic rings. The number of nitrogens with two attached hydrogens (primary N) is 1. The summed E-state index contributed by atoms with van der Waals surface area (Å²) in [7, 11) is 0. The number of ether oxygens (including phenoxy) is 1. The van der Waals surface area contributed by atoms with E-state index < -0.39 is 23.2 Å². The molecule has 2 amide bonds. The molecular formula is C19H13FN4O4. The molecule has 2 aromatic heterocycles. The maximum Gasteiger partial charge on any atom is 0.262 e. The summed E-state index contributed by atoms with van der Waals surface area (Å²) in [5.41, 5.74) is 5.78. The SMILES string of the molecule is Nc1c2c(cc(=O)n1-c1ccc(OCc3ccccn3)c(F)c1)C(=O)NC2=O. The molecule has 1 aliphatic heterocycles. The van der Waals surface area contributed by atoms with Crippen LogP contribution in [0.3, 0.4) is 0 Å². The van der Waals surface area contributed by atoms with Crippen molar-refractivity contribution < 1.29 is 18.7 Å². The van der Waals surface area contributed by atoms with Crippen LogP contribution in [0.5, 0.6) is 5.75 Å². The third-order valence-electron chi connectivity index (χ3n) is 4.23. The topological polar surface area (TPSA) is 116 Å². The number of hydrogen-bond acceptors (Lipinski definition) is 6. The quantitative estimate of drug-likeness (QED) is 0.661. The van der Waals surface area contributed by atoms with E-state index in [2.05, 4.69) is 10.3 Å². The molecule has 3 N–H and O–H groups in total. The van der Waals surface area contributed by atoms with Gasteiger partial charge in [0, 0.05) is 18.3 Å². The highest BCUT2D eigenvalue weighted by molar-refractivity contribution is 6.23. The number of imide groups is 1. The van der Waals surface area contributed by atoms with E-state index in [1.807, 2.05) is 0 Å². The number of carbonyl (C=O) groups is 2. The minimum absolute atomic E-state index is 0.0323. The number of carbonyl (C=O) groups excluding carboxylic acids is 2. The van der Waals surface area contributed by atoms with E-state index in [1.54, 1.807) is 24.4 Å². The van der Waals surface area contributed by atoms with E-state index >= 15 is 0 Å². The zero-order valence-corrected chi connectivity index (χ0v) is 14.3. The van der Waals surface area contributed by atoms with Gasteiger partial charge in [-0.05, 0) is 24.3 Å². The van der Waals surface area contributed by atoms with Gasteiger partial charge in [0.05, 0.1) is 22.5 Å². The highest BCUT2D eigenvalue weighted by Gasteiger charge is 2.31. The van der Waals surface area contributed by atoms with E-state index in [9.17, 15) is 18.8 Å². The molecule has 0 atom stereocenters. The van der Waals surface area contributed by atoms with E-state index in [4.69, 9.17) is 10.5 Å². The van der Waals surface area contributed by atoms with Gasteiger partial charge in [-0.3, -0.25) is 29.3 Å².